The molecule has 0 fully saturated rings. The molecule has 2 rings (SSSR count). The summed E-state index contributed by atoms with van der Waals surface area (Å²) in [7, 11) is 0. The first-order valence-electron chi connectivity index (χ1n) is 6.58. The molecule has 0 saturated carbocycles. The van der Waals surface area contributed by atoms with Crippen LogP contribution in [0.4, 0.5) is 23.1 Å². The van der Waals surface area contributed by atoms with Crippen molar-refractivity contribution in [2.75, 3.05) is 23.7 Å². The molecule has 0 spiro atoms. The first-order valence-corrected chi connectivity index (χ1v) is 6.96. The highest BCUT2D eigenvalue weighted by Gasteiger charge is 2.16. The van der Waals surface area contributed by atoms with Crippen LogP contribution in [0.5, 0.6) is 0 Å². The molecule has 0 saturated heterocycles. The molecule has 0 bridgehead atoms. The third-order valence-electron chi connectivity index (χ3n) is 2.74. The third kappa shape index (κ3) is 4.27. The van der Waals surface area contributed by atoms with E-state index in [0.717, 1.165) is 11.9 Å². The van der Waals surface area contributed by atoms with Crippen LogP contribution in [0.1, 0.15) is 6.42 Å². The van der Waals surface area contributed by atoms with Crippen molar-refractivity contribution >= 4 is 34.7 Å². The van der Waals surface area contributed by atoms with E-state index in [2.05, 4.69) is 20.6 Å². The van der Waals surface area contributed by atoms with E-state index in [-0.39, 0.29) is 17.5 Å². The van der Waals surface area contributed by atoms with Crippen molar-refractivity contribution in [1.82, 2.24) is 9.97 Å². The number of hydrogen-bond donors (Lipinski definition) is 3. The normalized spacial score (nSPS) is 10.3. The van der Waals surface area contributed by atoms with E-state index in [9.17, 15) is 10.1 Å². The average molecular weight is 323 g/mol. The molecule has 116 valence electrons. The second-order valence-corrected chi connectivity index (χ2v) is 4.82. The Morgan fingerprint density at radius 3 is 2.68 bits per heavy atom. The van der Waals surface area contributed by atoms with E-state index in [1.807, 2.05) is 0 Å². The maximum atomic E-state index is 11.0. The zero-order valence-electron chi connectivity index (χ0n) is 11.6. The van der Waals surface area contributed by atoms with Gasteiger partial charge in [-0.3, -0.25) is 10.1 Å². The molecule has 0 unspecified atom stereocenters. The van der Waals surface area contributed by atoms with Gasteiger partial charge >= 0.3 is 5.69 Å². The Morgan fingerprint density at radius 1 is 1.32 bits per heavy atom. The first kappa shape index (κ1) is 15.9. The summed E-state index contributed by atoms with van der Waals surface area (Å²) >= 11 is 5.81. The van der Waals surface area contributed by atoms with Gasteiger partial charge in [-0.1, -0.05) is 11.6 Å². The molecule has 0 atom stereocenters. The van der Waals surface area contributed by atoms with E-state index >= 15 is 0 Å². The number of halogens is 1. The summed E-state index contributed by atoms with van der Waals surface area (Å²) in [5.41, 5.74) is 5.95. The minimum atomic E-state index is -0.531. The van der Waals surface area contributed by atoms with Crippen LogP contribution < -0.4 is 16.4 Å². The lowest BCUT2D eigenvalue weighted by molar-refractivity contribution is -0.384. The van der Waals surface area contributed by atoms with Crippen LogP contribution in [-0.2, 0) is 0 Å². The van der Waals surface area contributed by atoms with Crippen LogP contribution in [0.15, 0.2) is 30.5 Å². The van der Waals surface area contributed by atoms with E-state index < -0.39 is 4.92 Å². The molecule has 2 aromatic rings. The van der Waals surface area contributed by atoms with Crippen LogP contribution in [0, 0.1) is 10.1 Å². The molecule has 1 aromatic carbocycles. The number of hydrogen-bond acceptors (Lipinski definition) is 7. The van der Waals surface area contributed by atoms with Gasteiger partial charge in [0.1, 0.15) is 6.20 Å². The van der Waals surface area contributed by atoms with Crippen LogP contribution in [0.2, 0.25) is 5.02 Å². The fourth-order valence-corrected chi connectivity index (χ4v) is 1.80. The molecular formula is C13H15ClN6O2. The Morgan fingerprint density at radius 2 is 2.05 bits per heavy atom. The van der Waals surface area contributed by atoms with Crippen molar-refractivity contribution in [3.8, 4) is 0 Å². The van der Waals surface area contributed by atoms with Gasteiger partial charge in [-0.25, -0.2) is 4.98 Å². The van der Waals surface area contributed by atoms with Crippen LogP contribution in [-0.4, -0.2) is 28.0 Å². The number of nitrogens with one attached hydrogen (secondary N) is 2. The molecule has 0 aliphatic rings. The van der Waals surface area contributed by atoms with Gasteiger partial charge in [0.15, 0.2) is 0 Å². The molecule has 0 radical (unpaired) electrons. The van der Waals surface area contributed by atoms with Gasteiger partial charge in [0.2, 0.25) is 11.8 Å². The molecule has 1 heterocycles. The largest absolute Gasteiger partial charge is 0.364 e. The van der Waals surface area contributed by atoms with Crippen molar-refractivity contribution in [3.05, 3.63) is 45.6 Å². The highest BCUT2D eigenvalue weighted by atomic mass is 35.5. The Kier molecular flexibility index (Phi) is 5.45. The highest BCUT2D eigenvalue weighted by Crippen LogP contribution is 2.23. The number of rotatable bonds is 7. The maximum absolute atomic E-state index is 11.0. The van der Waals surface area contributed by atoms with Gasteiger partial charge in [-0.15, -0.1) is 0 Å². The van der Waals surface area contributed by atoms with Gasteiger partial charge < -0.3 is 16.4 Å². The average Bonchev–Trinajstić information content (AvgIpc) is 2.50. The predicted molar refractivity (Wildman–Crippen MR) is 85.6 cm³/mol. The van der Waals surface area contributed by atoms with Gasteiger partial charge in [-0.05, 0) is 37.2 Å². The Labute approximate surface area is 131 Å². The van der Waals surface area contributed by atoms with Crippen molar-refractivity contribution in [2.24, 2.45) is 5.73 Å². The number of nitrogens with two attached hydrogens (primary N) is 1. The smallest absolute Gasteiger partial charge is 0.329 e. The Bertz CT molecular complexity index is 649. The van der Waals surface area contributed by atoms with Crippen molar-refractivity contribution in [1.29, 1.82) is 0 Å². The fourth-order valence-electron chi connectivity index (χ4n) is 1.67. The molecule has 1 aromatic heterocycles. The number of aromatic nitrogens is 2. The zero-order chi connectivity index (χ0) is 15.9. The van der Waals surface area contributed by atoms with E-state index in [4.69, 9.17) is 17.3 Å². The predicted octanol–water partition coefficient (Wildman–Crippen LogP) is 2.54. The number of benzene rings is 1. The zero-order valence-corrected chi connectivity index (χ0v) is 12.4. The SMILES string of the molecule is NCCCNc1nc(Nc2ccc(Cl)cc2)ncc1[N+](=O)[O-]. The number of anilines is 3. The van der Waals surface area contributed by atoms with Gasteiger partial charge in [0, 0.05) is 17.3 Å². The first-order chi connectivity index (χ1) is 10.6. The molecule has 9 heteroatoms. The lowest BCUT2D eigenvalue weighted by Crippen LogP contribution is -2.12. The lowest BCUT2D eigenvalue weighted by Gasteiger charge is -2.08. The topological polar surface area (TPSA) is 119 Å². The second kappa shape index (κ2) is 7.53. The summed E-state index contributed by atoms with van der Waals surface area (Å²) in [6, 6.07) is 6.95. The van der Waals surface area contributed by atoms with E-state index in [1.54, 1.807) is 24.3 Å². The number of nitrogens with zero attached hydrogens (tertiary/aromatic N) is 3. The molecule has 22 heavy (non-hydrogen) atoms. The summed E-state index contributed by atoms with van der Waals surface area (Å²) in [6.45, 7) is 0.983. The third-order valence-corrected chi connectivity index (χ3v) is 2.99. The van der Waals surface area contributed by atoms with Gasteiger partial charge in [0.05, 0.1) is 4.92 Å². The van der Waals surface area contributed by atoms with Gasteiger partial charge in [0.25, 0.3) is 0 Å². The van der Waals surface area contributed by atoms with E-state index in [0.29, 0.717) is 24.5 Å². The van der Waals surface area contributed by atoms with Gasteiger partial charge in [-0.2, -0.15) is 4.98 Å². The molecule has 0 aliphatic carbocycles. The molecule has 4 N–H and O–H groups in total. The summed E-state index contributed by atoms with van der Waals surface area (Å²) in [4.78, 5) is 18.5. The maximum Gasteiger partial charge on any atom is 0.329 e. The molecule has 8 nitrogen and oxygen atoms in total. The molecule has 0 amide bonds. The minimum absolute atomic E-state index is 0.157. The summed E-state index contributed by atoms with van der Waals surface area (Å²) < 4.78 is 0. The van der Waals surface area contributed by atoms with E-state index in [1.165, 1.54) is 0 Å². The Hall–Kier alpha value is -2.45. The second-order valence-electron chi connectivity index (χ2n) is 4.39. The summed E-state index contributed by atoms with van der Waals surface area (Å²) in [5, 5.41) is 17.5. The van der Waals surface area contributed by atoms with Crippen LogP contribution in [0.3, 0.4) is 0 Å². The lowest BCUT2D eigenvalue weighted by atomic mass is 10.3. The van der Waals surface area contributed by atoms with Crippen molar-refractivity contribution in [3.63, 3.8) is 0 Å². The summed E-state index contributed by atoms with van der Waals surface area (Å²) in [5.74, 6) is 0.410. The number of nitro groups is 1. The fraction of sp³-hybridized carbons (Fsp3) is 0.231. The van der Waals surface area contributed by atoms with Crippen LogP contribution in [0.25, 0.3) is 0 Å². The monoisotopic (exact) mass is 322 g/mol. The molecule has 0 aliphatic heterocycles. The highest BCUT2D eigenvalue weighted by molar-refractivity contribution is 6.30. The van der Waals surface area contributed by atoms with Crippen LogP contribution >= 0.6 is 11.6 Å². The van der Waals surface area contributed by atoms with Crippen molar-refractivity contribution < 1.29 is 4.92 Å². The quantitative estimate of drug-likeness (QED) is 0.407. The Balaban J connectivity index is 2.19. The van der Waals surface area contributed by atoms with Crippen molar-refractivity contribution in [2.45, 2.75) is 6.42 Å². The summed E-state index contributed by atoms with van der Waals surface area (Å²) in [6.07, 6.45) is 1.84. The minimum Gasteiger partial charge on any atom is -0.364 e. The standard InChI is InChI=1S/C13H15ClN6O2/c14-9-2-4-10(5-3-9)18-13-17-8-11(20(21)22)12(19-13)16-7-1-6-15/h2-5,8H,1,6-7,15H2,(H2,16,17,18,19). The molecular weight excluding hydrogens is 308 g/mol.